The Hall–Kier alpha value is -0.910. The molecule has 1 aromatic rings. The minimum absolute atomic E-state index is 0.0915. The first-order chi connectivity index (χ1) is 9.54. The smallest absolute Gasteiger partial charge is 0.214 e. The fraction of sp³-hybridized carbons (Fsp3) is 0.600. The van der Waals surface area contributed by atoms with Gasteiger partial charge in [0.25, 0.3) is 0 Å². The number of aliphatic hydroxyl groups is 1. The lowest BCUT2D eigenvalue weighted by molar-refractivity contribution is 0.113. The summed E-state index contributed by atoms with van der Waals surface area (Å²) in [6, 6.07) is 9.38. The molecule has 1 aliphatic rings. The van der Waals surface area contributed by atoms with Gasteiger partial charge in [0, 0.05) is 6.54 Å². The van der Waals surface area contributed by atoms with E-state index in [9.17, 15) is 13.5 Å². The normalized spacial score (nSPS) is 24.7. The fourth-order valence-corrected chi connectivity index (χ4v) is 4.66. The van der Waals surface area contributed by atoms with Gasteiger partial charge in [0.15, 0.2) is 0 Å². The molecule has 0 spiro atoms. The Bertz CT molecular complexity index is 515. The molecule has 112 valence electrons. The second-order valence-electron chi connectivity index (χ2n) is 5.53. The quantitative estimate of drug-likeness (QED) is 0.899. The van der Waals surface area contributed by atoms with E-state index in [1.54, 1.807) is 0 Å². The molecule has 1 N–H and O–H groups in total. The molecule has 20 heavy (non-hydrogen) atoms. The first-order valence-corrected chi connectivity index (χ1v) is 8.80. The fourth-order valence-electron chi connectivity index (χ4n) is 2.84. The van der Waals surface area contributed by atoms with Crippen LogP contribution in [0.25, 0.3) is 0 Å². The van der Waals surface area contributed by atoms with Gasteiger partial charge in [0.1, 0.15) is 0 Å². The molecule has 1 heterocycles. The largest absolute Gasteiger partial charge is 0.395 e. The standard InChI is InChI=1S/C15H23NO3S/c1-13-6-5-10-16(15(13)12-17)20(18,19)11-9-14-7-3-2-4-8-14/h2-4,7-8,13,15,17H,5-6,9-12H2,1H3. The molecule has 2 unspecified atom stereocenters. The van der Waals surface area contributed by atoms with Crippen LogP contribution in [0.4, 0.5) is 0 Å². The number of sulfonamides is 1. The summed E-state index contributed by atoms with van der Waals surface area (Å²) in [4.78, 5) is 0. The van der Waals surface area contributed by atoms with Crippen molar-refractivity contribution in [1.82, 2.24) is 4.31 Å². The average Bonchev–Trinajstić information content (AvgIpc) is 2.46. The lowest BCUT2D eigenvalue weighted by Gasteiger charge is -2.37. The van der Waals surface area contributed by atoms with Crippen LogP contribution in [-0.4, -0.2) is 42.8 Å². The minimum Gasteiger partial charge on any atom is -0.395 e. The Kier molecular flexibility index (Phi) is 5.18. The average molecular weight is 297 g/mol. The van der Waals surface area contributed by atoms with Crippen molar-refractivity contribution in [2.45, 2.75) is 32.2 Å². The second-order valence-corrected chi connectivity index (χ2v) is 7.57. The molecule has 1 aromatic carbocycles. The van der Waals surface area contributed by atoms with Crippen LogP contribution in [0.5, 0.6) is 0 Å². The number of aliphatic hydroxyl groups excluding tert-OH is 1. The van der Waals surface area contributed by atoms with Crippen LogP contribution < -0.4 is 0 Å². The summed E-state index contributed by atoms with van der Waals surface area (Å²) in [7, 11) is -3.30. The van der Waals surface area contributed by atoms with E-state index >= 15 is 0 Å². The number of benzene rings is 1. The summed E-state index contributed by atoms with van der Waals surface area (Å²) < 4.78 is 26.5. The molecule has 0 radical (unpaired) electrons. The van der Waals surface area contributed by atoms with E-state index in [2.05, 4.69) is 0 Å². The summed E-state index contributed by atoms with van der Waals surface area (Å²) in [6.45, 7) is 2.46. The van der Waals surface area contributed by atoms with Crippen LogP contribution in [0.3, 0.4) is 0 Å². The van der Waals surface area contributed by atoms with Crippen molar-refractivity contribution in [1.29, 1.82) is 0 Å². The molecule has 2 atom stereocenters. The van der Waals surface area contributed by atoms with Gasteiger partial charge in [-0.2, -0.15) is 4.31 Å². The van der Waals surface area contributed by atoms with Crippen LogP contribution in [0.15, 0.2) is 30.3 Å². The van der Waals surface area contributed by atoms with E-state index in [0.29, 0.717) is 13.0 Å². The van der Waals surface area contributed by atoms with Gasteiger partial charge in [-0.15, -0.1) is 0 Å². The Morgan fingerprint density at radius 2 is 2.00 bits per heavy atom. The molecule has 0 aromatic heterocycles. The van der Waals surface area contributed by atoms with Gasteiger partial charge in [-0.3, -0.25) is 0 Å². The van der Waals surface area contributed by atoms with Crippen LogP contribution in [0.2, 0.25) is 0 Å². The predicted octanol–water partition coefficient (Wildman–Crippen LogP) is 1.65. The third kappa shape index (κ3) is 3.59. The Morgan fingerprint density at radius 3 is 2.65 bits per heavy atom. The molecular weight excluding hydrogens is 274 g/mol. The second kappa shape index (κ2) is 6.70. The lowest BCUT2D eigenvalue weighted by atomic mass is 9.93. The van der Waals surface area contributed by atoms with E-state index in [1.165, 1.54) is 4.31 Å². The van der Waals surface area contributed by atoms with Gasteiger partial charge in [-0.1, -0.05) is 37.3 Å². The van der Waals surface area contributed by atoms with Crippen LogP contribution in [0.1, 0.15) is 25.3 Å². The predicted molar refractivity (Wildman–Crippen MR) is 79.9 cm³/mol. The molecule has 1 aliphatic heterocycles. The van der Waals surface area contributed by atoms with E-state index in [4.69, 9.17) is 0 Å². The van der Waals surface area contributed by atoms with E-state index < -0.39 is 10.0 Å². The van der Waals surface area contributed by atoms with Crippen molar-refractivity contribution in [3.8, 4) is 0 Å². The highest BCUT2D eigenvalue weighted by atomic mass is 32.2. The molecular formula is C15H23NO3S. The van der Waals surface area contributed by atoms with Crippen molar-refractivity contribution < 1.29 is 13.5 Å². The van der Waals surface area contributed by atoms with E-state index in [-0.39, 0.29) is 24.3 Å². The highest BCUT2D eigenvalue weighted by Gasteiger charge is 2.35. The number of hydrogen-bond acceptors (Lipinski definition) is 3. The SMILES string of the molecule is CC1CCCN(S(=O)(=O)CCc2ccccc2)C1CO. The molecule has 5 heteroatoms. The summed E-state index contributed by atoms with van der Waals surface area (Å²) in [5.41, 5.74) is 1.03. The summed E-state index contributed by atoms with van der Waals surface area (Å²) >= 11 is 0. The summed E-state index contributed by atoms with van der Waals surface area (Å²) in [6.07, 6.45) is 2.38. The minimum atomic E-state index is -3.30. The third-order valence-electron chi connectivity index (χ3n) is 4.10. The number of hydrogen-bond donors (Lipinski definition) is 1. The van der Waals surface area contributed by atoms with Crippen molar-refractivity contribution in [2.24, 2.45) is 5.92 Å². The molecule has 0 aliphatic carbocycles. The van der Waals surface area contributed by atoms with Gasteiger partial charge in [0.05, 0.1) is 18.4 Å². The number of rotatable bonds is 5. The molecule has 0 amide bonds. The topological polar surface area (TPSA) is 57.6 Å². The zero-order valence-corrected chi connectivity index (χ0v) is 12.7. The highest BCUT2D eigenvalue weighted by Crippen LogP contribution is 2.26. The maximum atomic E-state index is 12.5. The lowest BCUT2D eigenvalue weighted by Crippen LogP contribution is -2.50. The number of piperidine rings is 1. The van der Waals surface area contributed by atoms with Crippen molar-refractivity contribution >= 4 is 10.0 Å². The maximum Gasteiger partial charge on any atom is 0.214 e. The van der Waals surface area contributed by atoms with E-state index in [0.717, 1.165) is 18.4 Å². The number of nitrogens with zero attached hydrogens (tertiary/aromatic N) is 1. The maximum absolute atomic E-state index is 12.5. The molecule has 1 saturated heterocycles. The zero-order valence-electron chi connectivity index (χ0n) is 11.9. The Labute approximate surface area is 121 Å². The zero-order chi connectivity index (χ0) is 14.6. The molecule has 0 bridgehead atoms. The van der Waals surface area contributed by atoms with Crippen LogP contribution in [0, 0.1) is 5.92 Å². The Balaban J connectivity index is 2.05. The summed E-state index contributed by atoms with van der Waals surface area (Å²) in [5.74, 6) is 0.334. The van der Waals surface area contributed by atoms with Gasteiger partial charge in [0.2, 0.25) is 10.0 Å². The highest BCUT2D eigenvalue weighted by molar-refractivity contribution is 7.89. The molecule has 2 rings (SSSR count). The van der Waals surface area contributed by atoms with Gasteiger partial charge in [-0.05, 0) is 30.7 Å². The van der Waals surface area contributed by atoms with Crippen molar-refractivity contribution in [2.75, 3.05) is 18.9 Å². The molecule has 0 saturated carbocycles. The van der Waals surface area contributed by atoms with E-state index in [1.807, 2.05) is 37.3 Å². The van der Waals surface area contributed by atoms with Gasteiger partial charge in [-0.25, -0.2) is 8.42 Å². The van der Waals surface area contributed by atoms with Gasteiger partial charge < -0.3 is 5.11 Å². The first kappa shape index (κ1) is 15.5. The van der Waals surface area contributed by atoms with Crippen LogP contribution in [-0.2, 0) is 16.4 Å². The summed E-state index contributed by atoms with van der Waals surface area (Å²) in [5, 5.41) is 9.47. The van der Waals surface area contributed by atoms with Crippen molar-refractivity contribution in [3.63, 3.8) is 0 Å². The first-order valence-electron chi connectivity index (χ1n) is 7.19. The molecule has 4 nitrogen and oxygen atoms in total. The van der Waals surface area contributed by atoms with Gasteiger partial charge >= 0.3 is 0 Å². The number of aryl methyl sites for hydroxylation is 1. The Morgan fingerprint density at radius 1 is 1.30 bits per heavy atom. The molecule has 1 fully saturated rings. The monoisotopic (exact) mass is 297 g/mol. The third-order valence-corrected chi connectivity index (χ3v) is 5.99. The van der Waals surface area contributed by atoms with Crippen molar-refractivity contribution in [3.05, 3.63) is 35.9 Å². The van der Waals surface area contributed by atoms with Crippen LogP contribution >= 0.6 is 0 Å².